The van der Waals surface area contributed by atoms with Gasteiger partial charge < -0.3 is 19.1 Å². The highest BCUT2D eigenvalue weighted by Gasteiger charge is 2.34. The molecule has 0 bridgehead atoms. The number of methoxy groups -OCH3 is 3. The molecular formula is C23H26N4O4. The Labute approximate surface area is 181 Å². The van der Waals surface area contributed by atoms with Crippen molar-refractivity contribution >= 4 is 5.91 Å². The first-order chi connectivity index (χ1) is 15.1. The molecule has 31 heavy (non-hydrogen) atoms. The molecule has 0 unspecified atom stereocenters. The third-order valence-corrected chi connectivity index (χ3v) is 5.61. The number of carbonyl (C=O) groups excluding carboxylic acids is 1. The Morgan fingerprint density at radius 2 is 1.71 bits per heavy atom. The minimum atomic E-state index is -0.428. The van der Waals surface area contributed by atoms with Crippen LogP contribution in [0.4, 0.5) is 0 Å². The summed E-state index contributed by atoms with van der Waals surface area (Å²) in [7, 11) is 4.69. The van der Waals surface area contributed by atoms with Crippen molar-refractivity contribution in [3.8, 4) is 28.6 Å². The van der Waals surface area contributed by atoms with Crippen LogP contribution in [0.3, 0.4) is 0 Å². The van der Waals surface area contributed by atoms with Gasteiger partial charge >= 0.3 is 0 Å². The van der Waals surface area contributed by atoms with E-state index in [2.05, 4.69) is 22.3 Å². The number of hydrogen-bond donors (Lipinski definition) is 0. The highest BCUT2D eigenvalue weighted by atomic mass is 16.5. The lowest BCUT2D eigenvalue weighted by Gasteiger charge is -2.32. The van der Waals surface area contributed by atoms with Crippen LogP contribution < -0.4 is 14.2 Å². The monoisotopic (exact) mass is 422 g/mol. The van der Waals surface area contributed by atoms with Crippen LogP contribution in [0.15, 0.2) is 42.5 Å². The number of ether oxygens (including phenoxy) is 3. The molecule has 1 atom stereocenters. The second-order valence-electron chi connectivity index (χ2n) is 7.36. The third-order valence-electron chi connectivity index (χ3n) is 5.61. The van der Waals surface area contributed by atoms with E-state index in [0.717, 1.165) is 12.2 Å². The van der Waals surface area contributed by atoms with Crippen LogP contribution >= 0.6 is 0 Å². The molecule has 1 aliphatic heterocycles. The molecule has 0 N–H and O–H groups in total. The van der Waals surface area contributed by atoms with Gasteiger partial charge in [0.15, 0.2) is 23.1 Å². The number of hydrogen-bond acceptors (Lipinski definition) is 6. The average molecular weight is 422 g/mol. The first-order valence-corrected chi connectivity index (χ1v) is 10.1. The molecule has 0 spiro atoms. The molecule has 1 amide bonds. The summed E-state index contributed by atoms with van der Waals surface area (Å²) in [4.78, 5) is 15.0. The largest absolute Gasteiger partial charge is 0.493 e. The standard InChI is InChI=1S/C23H26N4O4/c1-15-23(28)26(13-12-16-8-6-5-7-9-16)14-19-24-25-22(27(15)19)17-10-11-18(29-2)21(31-4)20(17)30-3/h5-11,15H,12-14H2,1-4H3/t15-/m1/s1. The second kappa shape index (κ2) is 8.67. The van der Waals surface area contributed by atoms with Gasteiger partial charge in [0.05, 0.1) is 33.4 Å². The van der Waals surface area contributed by atoms with Crippen molar-refractivity contribution in [2.45, 2.75) is 25.9 Å². The van der Waals surface area contributed by atoms with Gasteiger partial charge in [-0.1, -0.05) is 30.3 Å². The summed E-state index contributed by atoms with van der Waals surface area (Å²) in [6.45, 7) is 2.92. The lowest BCUT2D eigenvalue weighted by atomic mass is 10.1. The molecule has 0 saturated carbocycles. The summed E-state index contributed by atoms with van der Waals surface area (Å²) in [6, 6.07) is 13.4. The number of fused-ring (bicyclic) bond motifs is 1. The smallest absolute Gasteiger partial charge is 0.245 e. The van der Waals surface area contributed by atoms with Crippen LogP contribution in [-0.4, -0.2) is 53.4 Å². The first kappa shape index (κ1) is 20.7. The summed E-state index contributed by atoms with van der Waals surface area (Å²) in [5.41, 5.74) is 1.89. The van der Waals surface area contributed by atoms with Crippen molar-refractivity contribution in [2.75, 3.05) is 27.9 Å². The van der Waals surface area contributed by atoms with Crippen LogP contribution in [0, 0.1) is 0 Å². The molecular weight excluding hydrogens is 396 g/mol. The Balaban J connectivity index is 1.66. The van der Waals surface area contributed by atoms with Crippen molar-refractivity contribution < 1.29 is 19.0 Å². The molecule has 0 fully saturated rings. The molecule has 0 radical (unpaired) electrons. The molecule has 8 nitrogen and oxygen atoms in total. The fraction of sp³-hybridized carbons (Fsp3) is 0.348. The van der Waals surface area contributed by atoms with Crippen LogP contribution in [0.5, 0.6) is 17.2 Å². The molecule has 4 rings (SSSR count). The van der Waals surface area contributed by atoms with Crippen LogP contribution in [0.2, 0.25) is 0 Å². The Hall–Kier alpha value is -3.55. The summed E-state index contributed by atoms with van der Waals surface area (Å²) in [5, 5.41) is 8.79. The number of nitrogens with zero attached hydrogens (tertiary/aromatic N) is 4. The van der Waals surface area contributed by atoms with Gasteiger partial charge in [-0.3, -0.25) is 9.36 Å². The Kier molecular flexibility index (Phi) is 5.79. The van der Waals surface area contributed by atoms with Gasteiger partial charge in [0.25, 0.3) is 0 Å². The highest BCUT2D eigenvalue weighted by molar-refractivity contribution is 5.83. The minimum Gasteiger partial charge on any atom is -0.493 e. The Bertz CT molecular complexity index is 1080. The van der Waals surface area contributed by atoms with E-state index in [1.54, 1.807) is 27.4 Å². The lowest BCUT2D eigenvalue weighted by molar-refractivity contribution is -0.136. The molecule has 8 heteroatoms. The average Bonchev–Trinajstić information content (AvgIpc) is 3.23. The lowest BCUT2D eigenvalue weighted by Crippen LogP contribution is -2.42. The van der Waals surface area contributed by atoms with E-state index >= 15 is 0 Å². The molecule has 2 aromatic carbocycles. The van der Waals surface area contributed by atoms with Gasteiger partial charge in [-0.2, -0.15) is 0 Å². The second-order valence-corrected chi connectivity index (χ2v) is 7.36. The molecule has 1 aromatic heterocycles. The maximum absolute atomic E-state index is 13.1. The molecule has 0 aliphatic carbocycles. The van der Waals surface area contributed by atoms with Gasteiger partial charge in [-0.05, 0) is 31.0 Å². The fourth-order valence-electron chi connectivity index (χ4n) is 4.02. The Morgan fingerprint density at radius 3 is 2.39 bits per heavy atom. The van der Waals surface area contributed by atoms with Crippen LogP contribution in [0.25, 0.3) is 11.4 Å². The van der Waals surface area contributed by atoms with Gasteiger partial charge in [-0.25, -0.2) is 0 Å². The third kappa shape index (κ3) is 3.69. The molecule has 2 heterocycles. The minimum absolute atomic E-state index is 0.0453. The summed E-state index contributed by atoms with van der Waals surface area (Å²) in [6.07, 6.45) is 0.795. The SMILES string of the molecule is COc1ccc(-c2nnc3n2[C@H](C)C(=O)N(CCc2ccccc2)C3)c(OC)c1OC. The van der Waals surface area contributed by atoms with E-state index in [1.165, 1.54) is 5.56 Å². The van der Waals surface area contributed by atoms with Gasteiger partial charge in [0, 0.05) is 6.54 Å². The van der Waals surface area contributed by atoms with Crippen molar-refractivity contribution in [3.05, 3.63) is 53.9 Å². The van der Waals surface area contributed by atoms with E-state index < -0.39 is 6.04 Å². The fourth-order valence-corrected chi connectivity index (χ4v) is 4.02. The molecule has 162 valence electrons. The van der Waals surface area contributed by atoms with Gasteiger partial charge in [0.1, 0.15) is 6.04 Å². The zero-order chi connectivity index (χ0) is 22.0. The zero-order valence-electron chi connectivity index (χ0n) is 18.2. The van der Waals surface area contributed by atoms with Crippen LogP contribution in [0.1, 0.15) is 24.4 Å². The van der Waals surface area contributed by atoms with Crippen LogP contribution in [-0.2, 0) is 17.8 Å². The van der Waals surface area contributed by atoms with Gasteiger partial charge in [-0.15, -0.1) is 10.2 Å². The van der Waals surface area contributed by atoms with E-state index in [1.807, 2.05) is 40.7 Å². The van der Waals surface area contributed by atoms with Crippen molar-refractivity contribution in [1.82, 2.24) is 19.7 Å². The van der Waals surface area contributed by atoms with Crippen molar-refractivity contribution in [1.29, 1.82) is 0 Å². The maximum Gasteiger partial charge on any atom is 0.245 e. The Morgan fingerprint density at radius 1 is 0.968 bits per heavy atom. The molecule has 1 aliphatic rings. The number of rotatable bonds is 7. The predicted molar refractivity (Wildman–Crippen MR) is 115 cm³/mol. The van der Waals surface area contributed by atoms with Gasteiger partial charge in [0.2, 0.25) is 11.7 Å². The first-order valence-electron chi connectivity index (χ1n) is 10.1. The van der Waals surface area contributed by atoms with Crippen molar-refractivity contribution in [2.24, 2.45) is 0 Å². The molecule has 0 saturated heterocycles. The van der Waals surface area contributed by atoms with E-state index in [4.69, 9.17) is 14.2 Å². The topological polar surface area (TPSA) is 78.7 Å². The number of benzene rings is 2. The number of carbonyl (C=O) groups is 1. The number of aromatic nitrogens is 3. The van der Waals surface area contributed by atoms with Crippen molar-refractivity contribution in [3.63, 3.8) is 0 Å². The summed E-state index contributed by atoms with van der Waals surface area (Å²) < 4.78 is 18.4. The zero-order valence-corrected chi connectivity index (χ0v) is 18.2. The van der Waals surface area contributed by atoms with E-state index in [0.29, 0.717) is 41.7 Å². The quantitative estimate of drug-likeness (QED) is 0.582. The van der Waals surface area contributed by atoms with E-state index in [-0.39, 0.29) is 5.91 Å². The predicted octanol–water partition coefficient (Wildman–Crippen LogP) is 3.12. The normalized spacial score (nSPS) is 15.5. The molecule has 3 aromatic rings. The highest BCUT2D eigenvalue weighted by Crippen LogP contribution is 2.44. The maximum atomic E-state index is 13.1. The van der Waals surface area contributed by atoms with E-state index in [9.17, 15) is 4.79 Å². The summed E-state index contributed by atoms with van der Waals surface area (Å²) in [5.74, 6) is 2.87. The number of amides is 1. The summed E-state index contributed by atoms with van der Waals surface area (Å²) >= 11 is 0.